The molecule has 0 aromatic rings. The molecule has 0 spiro atoms. The van der Waals surface area contributed by atoms with E-state index in [1.807, 2.05) is 33.8 Å². The van der Waals surface area contributed by atoms with Crippen molar-refractivity contribution in [3.05, 3.63) is 11.6 Å². The zero-order valence-corrected chi connectivity index (χ0v) is 10.3. The van der Waals surface area contributed by atoms with Crippen LogP contribution in [0.2, 0.25) is 0 Å². The number of rotatable bonds is 0. The van der Waals surface area contributed by atoms with Gasteiger partial charge in [0.1, 0.15) is 5.60 Å². The van der Waals surface area contributed by atoms with Crippen LogP contribution in [0.4, 0.5) is 4.79 Å². The van der Waals surface area contributed by atoms with Gasteiger partial charge in [0, 0.05) is 18.7 Å². The molecule has 1 amide bonds. The maximum Gasteiger partial charge on any atom is 0.410 e. The molecule has 1 saturated heterocycles. The van der Waals surface area contributed by atoms with E-state index in [2.05, 4.69) is 0 Å². The largest absolute Gasteiger partial charge is 0.444 e. The van der Waals surface area contributed by atoms with Gasteiger partial charge in [-0.1, -0.05) is 0 Å². The lowest BCUT2D eigenvalue weighted by atomic mass is 10.2. The number of allylic oxidation sites excluding steroid dienone is 1. The average Bonchev–Trinajstić information content (AvgIpc) is 2.44. The Balaban J connectivity index is 2.66. The van der Waals surface area contributed by atoms with Crippen LogP contribution in [-0.4, -0.2) is 29.2 Å². The first-order chi connectivity index (χ1) is 7.33. The lowest BCUT2D eigenvalue weighted by Crippen LogP contribution is -2.38. The van der Waals surface area contributed by atoms with Gasteiger partial charge in [-0.25, -0.2) is 4.79 Å². The van der Waals surface area contributed by atoms with Crippen LogP contribution in [-0.2, 0) is 4.74 Å². The summed E-state index contributed by atoms with van der Waals surface area (Å²) >= 11 is 0. The molecule has 1 atom stereocenters. The molecule has 0 aliphatic carbocycles. The van der Waals surface area contributed by atoms with E-state index >= 15 is 0 Å². The number of amides is 1. The minimum absolute atomic E-state index is 0.106. The number of nitriles is 1. The molecule has 1 fully saturated rings. The zero-order chi connectivity index (χ0) is 12.3. The summed E-state index contributed by atoms with van der Waals surface area (Å²) in [6.07, 6.45) is 1.97. The molecule has 1 aliphatic rings. The van der Waals surface area contributed by atoms with Crippen LogP contribution in [0, 0.1) is 11.3 Å². The van der Waals surface area contributed by atoms with E-state index in [0.717, 1.165) is 12.0 Å². The Morgan fingerprint density at radius 1 is 1.62 bits per heavy atom. The summed E-state index contributed by atoms with van der Waals surface area (Å²) in [7, 11) is 0. The fourth-order valence-electron chi connectivity index (χ4n) is 1.69. The fraction of sp³-hybridized carbons (Fsp3) is 0.667. The molecular weight excluding hydrogens is 204 g/mol. The summed E-state index contributed by atoms with van der Waals surface area (Å²) in [5.74, 6) is 0. The quantitative estimate of drug-likeness (QED) is 0.591. The van der Waals surface area contributed by atoms with E-state index in [4.69, 9.17) is 10.00 Å². The highest BCUT2D eigenvalue weighted by atomic mass is 16.6. The van der Waals surface area contributed by atoms with E-state index in [1.165, 1.54) is 6.08 Å². The maximum absolute atomic E-state index is 11.8. The van der Waals surface area contributed by atoms with E-state index in [-0.39, 0.29) is 12.1 Å². The molecule has 1 unspecified atom stereocenters. The summed E-state index contributed by atoms with van der Waals surface area (Å²) in [6.45, 7) is 8.00. The van der Waals surface area contributed by atoms with Crippen LogP contribution in [0.15, 0.2) is 11.6 Å². The van der Waals surface area contributed by atoms with Gasteiger partial charge >= 0.3 is 6.09 Å². The van der Waals surface area contributed by atoms with Crippen molar-refractivity contribution >= 4 is 6.09 Å². The number of likely N-dealkylation sites (tertiary alicyclic amines) is 1. The zero-order valence-electron chi connectivity index (χ0n) is 10.3. The van der Waals surface area contributed by atoms with E-state index < -0.39 is 5.60 Å². The molecule has 16 heavy (non-hydrogen) atoms. The molecule has 0 N–H and O–H groups in total. The third-order valence-corrected chi connectivity index (χ3v) is 2.36. The number of hydrogen-bond acceptors (Lipinski definition) is 3. The Morgan fingerprint density at radius 2 is 2.25 bits per heavy atom. The van der Waals surface area contributed by atoms with Gasteiger partial charge in [-0.2, -0.15) is 5.26 Å². The minimum Gasteiger partial charge on any atom is -0.444 e. The highest BCUT2D eigenvalue weighted by molar-refractivity contribution is 5.69. The van der Waals surface area contributed by atoms with Gasteiger partial charge < -0.3 is 9.64 Å². The summed E-state index contributed by atoms with van der Waals surface area (Å²) < 4.78 is 5.30. The second-order valence-corrected chi connectivity index (χ2v) is 5.09. The Kier molecular flexibility index (Phi) is 3.58. The van der Waals surface area contributed by atoms with E-state index in [0.29, 0.717) is 6.54 Å². The SMILES string of the molecule is CC1C/C(=C/C#N)CN1C(=O)OC(C)(C)C. The third-order valence-electron chi connectivity index (χ3n) is 2.36. The number of nitrogens with zero attached hydrogens (tertiary/aromatic N) is 2. The van der Waals surface area contributed by atoms with E-state index in [9.17, 15) is 4.79 Å². The Labute approximate surface area is 96.5 Å². The van der Waals surface area contributed by atoms with Crippen molar-refractivity contribution in [3.8, 4) is 6.07 Å². The third kappa shape index (κ3) is 3.27. The molecule has 1 aliphatic heterocycles. The molecule has 1 heterocycles. The minimum atomic E-state index is -0.474. The van der Waals surface area contributed by atoms with Gasteiger partial charge in [0.15, 0.2) is 0 Å². The highest BCUT2D eigenvalue weighted by Gasteiger charge is 2.31. The number of carbonyl (C=O) groups is 1. The number of carbonyl (C=O) groups excluding carboxylic acids is 1. The smallest absolute Gasteiger partial charge is 0.410 e. The summed E-state index contributed by atoms with van der Waals surface area (Å²) in [4.78, 5) is 13.5. The topological polar surface area (TPSA) is 53.3 Å². The molecule has 0 saturated carbocycles. The second kappa shape index (κ2) is 4.56. The predicted octanol–water partition coefficient (Wildman–Crippen LogP) is 2.47. The lowest BCUT2D eigenvalue weighted by Gasteiger charge is -2.26. The monoisotopic (exact) mass is 222 g/mol. The first-order valence-electron chi connectivity index (χ1n) is 5.40. The fourth-order valence-corrected chi connectivity index (χ4v) is 1.69. The predicted molar refractivity (Wildman–Crippen MR) is 60.7 cm³/mol. The second-order valence-electron chi connectivity index (χ2n) is 5.09. The molecule has 0 radical (unpaired) electrons. The van der Waals surface area contributed by atoms with Crippen molar-refractivity contribution in [2.45, 2.75) is 45.8 Å². The van der Waals surface area contributed by atoms with Crippen molar-refractivity contribution in [3.63, 3.8) is 0 Å². The van der Waals surface area contributed by atoms with Gasteiger partial charge in [0.2, 0.25) is 0 Å². The first-order valence-corrected chi connectivity index (χ1v) is 5.40. The van der Waals surface area contributed by atoms with Crippen LogP contribution >= 0.6 is 0 Å². The molecular formula is C12H18N2O2. The average molecular weight is 222 g/mol. The van der Waals surface area contributed by atoms with Crippen LogP contribution in [0.5, 0.6) is 0 Å². The summed E-state index contributed by atoms with van der Waals surface area (Å²) in [5.41, 5.74) is 0.513. The number of ether oxygens (including phenoxy) is 1. The van der Waals surface area contributed by atoms with Gasteiger partial charge in [-0.05, 0) is 39.7 Å². The van der Waals surface area contributed by atoms with Crippen molar-refractivity contribution in [1.82, 2.24) is 4.90 Å². The van der Waals surface area contributed by atoms with Crippen molar-refractivity contribution in [2.75, 3.05) is 6.54 Å². The standard InChI is InChI=1S/C12H18N2O2/c1-9-7-10(5-6-13)8-14(9)11(15)16-12(2,3)4/h5,9H,7-8H2,1-4H3/b10-5-. The highest BCUT2D eigenvalue weighted by Crippen LogP contribution is 2.24. The molecule has 4 nitrogen and oxygen atoms in total. The lowest BCUT2D eigenvalue weighted by molar-refractivity contribution is 0.0242. The summed E-state index contributed by atoms with van der Waals surface area (Å²) in [5, 5.41) is 8.56. The van der Waals surface area contributed by atoms with Crippen molar-refractivity contribution in [2.24, 2.45) is 0 Å². The first kappa shape index (κ1) is 12.6. The molecule has 0 aromatic carbocycles. The van der Waals surface area contributed by atoms with Gasteiger partial charge in [-0.15, -0.1) is 0 Å². The van der Waals surface area contributed by atoms with Crippen LogP contribution in [0.25, 0.3) is 0 Å². The molecule has 4 heteroatoms. The molecule has 88 valence electrons. The number of hydrogen-bond donors (Lipinski definition) is 0. The van der Waals surface area contributed by atoms with Crippen molar-refractivity contribution < 1.29 is 9.53 Å². The Morgan fingerprint density at radius 3 is 2.75 bits per heavy atom. The Bertz CT molecular complexity index is 347. The maximum atomic E-state index is 11.8. The van der Waals surface area contributed by atoms with Crippen LogP contribution < -0.4 is 0 Å². The van der Waals surface area contributed by atoms with E-state index in [1.54, 1.807) is 4.90 Å². The molecule has 0 bridgehead atoms. The van der Waals surface area contributed by atoms with Crippen LogP contribution in [0.3, 0.4) is 0 Å². The van der Waals surface area contributed by atoms with Gasteiger partial charge in [0.25, 0.3) is 0 Å². The van der Waals surface area contributed by atoms with Gasteiger partial charge in [-0.3, -0.25) is 0 Å². The van der Waals surface area contributed by atoms with Crippen LogP contribution in [0.1, 0.15) is 34.1 Å². The molecule has 1 rings (SSSR count). The summed E-state index contributed by atoms with van der Waals surface area (Å²) in [6, 6.07) is 2.10. The Hall–Kier alpha value is -1.50. The van der Waals surface area contributed by atoms with Gasteiger partial charge in [0.05, 0.1) is 6.07 Å². The molecule has 0 aromatic heterocycles. The van der Waals surface area contributed by atoms with Crippen molar-refractivity contribution in [1.29, 1.82) is 5.26 Å². The normalized spacial score (nSPS) is 23.3.